The summed E-state index contributed by atoms with van der Waals surface area (Å²) in [6.07, 6.45) is -1.06. The van der Waals surface area contributed by atoms with Crippen molar-refractivity contribution in [2.24, 2.45) is 0 Å². The molecule has 3 atom stereocenters. The fourth-order valence-corrected chi connectivity index (χ4v) is 4.69. The molecule has 0 amide bonds. The Labute approximate surface area is 118 Å². The predicted molar refractivity (Wildman–Crippen MR) is 75.1 cm³/mol. The molecule has 2 heterocycles. The van der Waals surface area contributed by atoms with Gasteiger partial charge in [-0.05, 0) is 17.5 Å². The van der Waals surface area contributed by atoms with Gasteiger partial charge in [-0.3, -0.25) is 10.1 Å². The summed E-state index contributed by atoms with van der Waals surface area (Å²) < 4.78 is 0. The molecule has 0 saturated carbocycles. The van der Waals surface area contributed by atoms with E-state index in [-0.39, 0.29) is 10.2 Å². The Bertz CT molecular complexity index is 600. The average molecular weight is 293 g/mol. The van der Waals surface area contributed by atoms with Gasteiger partial charge in [-0.2, -0.15) is 0 Å². The lowest BCUT2D eigenvalue weighted by molar-refractivity contribution is -0.536. The van der Waals surface area contributed by atoms with Crippen molar-refractivity contribution in [3.63, 3.8) is 0 Å². The second kappa shape index (κ2) is 4.96. The molecule has 4 nitrogen and oxygen atoms in total. The maximum atomic E-state index is 11.3. The summed E-state index contributed by atoms with van der Waals surface area (Å²) in [5, 5.41) is 23.2. The minimum absolute atomic E-state index is 0.333. The van der Waals surface area contributed by atoms with Crippen LogP contribution in [0.4, 0.5) is 0 Å². The molecule has 0 bridgehead atoms. The third kappa shape index (κ3) is 2.16. The summed E-state index contributed by atoms with van der Waals surface area (Å²) in [7, 11) is 0. The normalized spacial score (nSPS) is 25.8. The van der Waals surface area contributed by atoms with E-state index in [1.165, 1.54) is 23.1 Å². The van der Waals surface area contributed by atoms with Crippen molar-refractivity contribution < 1.29 is 10.0 Å². The first-order valence-electron chi connectivity index (χ1n) is 5.79. The summed E-state index contributed by atoms with van der Waals surface area (Å²) in [5.74, 6) is 0. The summed E-state index contributed by atoms with van der Waals surface area (Å²) in [6, 6.07) is 10.1. The van der Waals surface area contributed by atoms with Crippen LogP contribution in [0.15, 0.2) is 46.7 Å². The minimum atomic E-state index is -1.06. The second-order valence-electron chi connectivity index (χ2n) is 4.31. The monoisotopic (exact) mass is 293 g/mol. The van der Waals surface area contributed by atoms with Crippen LogP contribution in [0.25, 0.3) is 0 Å². The molecular weight excluding hydrogens is 282 g/mol. The van der Waals surface area contributed by atoms with Crippen LogP contribution >= 0.6 is 23.1 Å². The summed E-state index contributed by atoms with van der Waals surface area (Å²) in [6.45, 7) is 0. The zero-order valence-corrected chi connectivity index (χ0v) is 11.4. The number of nitro groups is 1. The van der Waals surface area contributed by atoms with Gasteiger partial charge in [0.15, 0.2) is 0 Å². The zero-order valence-electron chi connectivity index (χ0n) is 9.80. The van der Waals surface area contributed by atoms with E-state index in [0.29, 0.717) is 5.56 Å². The number of hydrogen-bond acceptors (Lipinski definition) is 5. The highest BCUT2D eigenvalue weighted by atomic mass is 32.2. The van der Waals surface area contributed by atoms with Crippen LogP contribution in [-0.2, 0) is 0 Å². The van der Waals surface area contributed by atoms with Crippen molar-refractivity contribution in [2.75, 3.05) is 0 Å². The number of thiophene rings is 1. The fourth-order valence-electron chi connectivity index (χ4n) is 2.29. The van der Waals surface area contributed by atoms with Crippen LogP contribution in [0.1, 0.15) is 21.8 Å². The summed E-state index contributed by atoms with van der Waals surface area (Å²) in [4.78, 5) is 12.8. The van der Waals surface area contributed by atoms with Crippen LogP contribution in [0.2, 0.25) is 0 Å². The van der Waals surface area contributed by atoms with Crippen molar-refractivity contribution in [2.45, 2.75) is 22.3 Å². The SMILES string of the molecule is O=[N+]([O-])[C@@H]1[C@H](O)c2ccccc2S[C@H]1c1cccs1. The summed E-state index contributed by atoms with van der Waals surface area (Å²) in [5.41, 5.74) is 0.655. The van der Waals surface area contributed by atoms with Gasteiger partial charge < -0.3 is 5.11 Å². The quantitative estimate of drug-likeness (QED) is 0.682. The molecular formula is C13H11NO3S2. The Morgan fingerprint density at radius 1 is 1.21 bits per heavy atom. The fraction of sp³-hybridized carbons (Fsp3) is 0.231. The highest BCUT2D eigenvalue weighted by Gasteiger charge is 2.45. The number of thioether (sulfide) groups is 1. The van der Waals surface area contributed by atoms with Gasteiger partial charge in [0.1, 0.15) is 11.4 Å². The number of benzene rings is 1. The number of fused-ring (bicyclic) bond motifs is 1. The maximum absolute atomic E-state index is 11.3. The van der Waals surface area contributed by atoms with E-state index in [1.807, 2.05) is 29.6 Å². The van der Waals surface area contributed by atoms with Gasteiger partial charge in [0.2, 0.25) is 0 Å². The third-order valence-corrected chi connectivity index (χ3v) is 5.71. The van der Waals surface area contributed by atoms with E-state index in [4.69, 9.17) is 0 Å². The largest absolute Gasteiger partial charge is 0.381 e. The molecule has 98 valence electrons. The van der Waals surface area contributed by atoms with Gasteiger partial charge in [-0.15, -0.1) is 23.1 Å². The molecule has 1 N–H and O–H groups in total. The van der Waals surface area contributed by atoms with Crippen LogP contribution in [0.5, 0.6) is 0 Å². The second-order valence-corrected chi connectivity index (χ2v) is 6.48. The molecule has 1 aliphatic rings. The Hall–Kier alpha value is -1.37. The third-order valence-electron chi connectivity index (χ3n) is 3.19. The number of aliphatic hydroxyl groups excluding tert-OH is 1. The molecule has 0 fully saturated rings. The zero-order chi connectivity index (χ0) is 13.4. The van der Waals surface area contributed by atoms with E-state index in [9.17, 15) is 15.2 Å². The Morgan fingerprint density at radius 2 is 2.00 bits per heavy atom. The molecule has 0 spiro atoms. The minimum Gasteiger partial charge on any atom is -0.381 e. The highest BCUT2D eigenvalue weighted by Crippen LogP contribution is 2.50. The smallest absolute Gasteiger partial charge is 0.259 e. The van der Waals surface area contributed by atoms with Gasteiger partial charge in [-0.25, -0.2) is 0 Å². The van der Waals surface area contributed by atoms with E-state index in [0.717, 1.165) is 9.77 Å². The summed E-state index contributed by atoms with van der Waals surface area (Å²) >= 11 is 2.95. The first-order valence-corrected chi connectivity index (χ1v) is 7.55. The first kappa shape index (κ1) is 12.7. The molecule has 0 radical (unpaired) electrons. The van der Waals surface area contributed by atoms with Crippen molar-refractivity contribution in [1.29, 1.82) is 0 Å². The predicted octanol–water partition coefficient (Wildman–Crippen LogP) is 3.27. The molecule has 1 aromatic carbocycles. The van der Waals surface area contributed by atoms with E-state index < -0.39 is 12.1 Å². The van der Waals surface area contributed by atoms with Crippen LogP contribution in [-0.4, -0.2) is 16.1 Å². The average Bonchev–Trinajstić information content (AvgIpc) is 2.92. The van der Waals surface area contributed by atoms with E-state index in [2.05, 4.69) is 0 Å². The van der Waals surface area contributed by atoms with Gasteiger partial charge in [0.25, 0.3) is 6.04 Å². The lowest BCUT2D eigenvalue weighted by Gasteiger charge is -2.30. The van der Waals surface area contributed by atoms with Gasteiger partial charge in [0, 0.05) is 20.3 Å². The van der Waals surface area contributed by atoms with Gasteiger partial charge in [0.05, 0.1) is 0 Å². The van der Waals surface area contributed by atoms with Crippen LogP contribution in [0.3, 0.4) is 0 Å². The van der Waals surface area contributed by atoms with Crippen molar-refractivity contribution in [3.8, 4) is 0 Å². The van der Waals surface area contributed by atoms with E-state index in [1.54, 1.807) is 12.1 Å². The Kier molecular flexibility index (Phi) is 3.30. The van der Waals surface area contributed by atoms with Crippen LogP contribution in [0, 0.1) is 10.1 Å². The van der Waals surface area contributed by atoms with Gasteiger partial charge in [-0.1, -0.05) is 24.3 Å². The number of aliphatic hydroxyl groups is 1. The van der Waals surface area contributed by atoms with Crippen LogP contribution < -0.4 is 0 Å². The molecule has 3 rings (SSSR count). The van der Waals surface area contributed by atoms with E-state index >= 15 is 0 Å². The molecule has 1 aromatic heterocycles. The standard InChI is InChI=1S/C13H11NO3S2/c15-12-8-4-1-2-5-9(8)19-13(11(12)14(16)17)10-6-3-7-18-10/h1-7,11-13,15H/t11-,12-,13+/m1/s1. The molecule has 0 aliphatic carbocycles. The Morgan fingerprint density at radius 3 is 2.68 bits per heavy atom. The molecule has 0 unspecified atom stereocenters. The van der Waals surface area contributed by atoms with Crippen molar-refractivity contribution in [1.82, 2.24) is 0 Å². The molecule has 19 heavy (non-hydrogen) atoms. The molecule has 2 aromatic rings. The van der Waals surface area contributed by atoms with Crippen molar-refractivity contribution in [3.05, 3.63) is 62.3 Å². The number of hydrogen-bond donors (Lipinski definition) is 1. The topological polar surface area (TPSA) is 63.4 Å². The maximum Gasteiger partial charge on any atom is 0.259 e. The van der Waals surface area contributed by atoms with Crippen molar-refractivity contribution >= 4 is 23.1 Å². The first-order chi connectivity index (χ1) is 9.18. The molecule has 0 saturated heterocycles. The highest BCUT2D eigenvalue weighted by molar-refractivity contribution is 7.99. The van der Waals surface area contributed by atoms with Gasteiger partial charge >= 0.3 is 0 Å². The molecule has 6 heteroatoms. The number of nitrogens with zero attached hydrogens (tertiary/aromatic N) is 1. The molecule has 1 aliphatic heterocycles. The Balaban J connectivity index is 2.08. The number of rotatable bonds is 2. The lowest BCUT2D eigenvalue weighted by atomic mass is 9.98. The lowest BCUT2D eigenvalue weighted by Crippen LogP contribution is -2.35.